The Bertz CT molecular complexity index is 5540. The van der Waals surface area contributed by atoms with Crippen molar-refractivity contribution >= 4 is 66.4 Å². The Hall–Kier alpha value is -14.5. The highest BCUT2D eigenvalue weighted by Gasteiger charge is 2.35. The Morgan fingerprint density at radius 1 is 0.327 bits per heavy atom. The molecule has 0 fully saturated rings. The molecule has 0 N–H and O–H groups in total. The van der Waals surface area contributed by atoms with Gasteiger partial charge in [0.1, 0.15) is 0 Å². The Balaban J connectivity index is 1.09. The van der Waals surface area contributed by atoms with Crippen LogP contribution in [0.1, 0.15) is 33.4 Å². The predicted molar refractivity (Wildman–Crippen MR) is 360 cm³/mol. The van der Waals surface area contributed by atoms with Crippen LogP contribution in [0.3, 0.4) is 0 Å². The lowest BCUT2D eigenvalue weighted by molar-refractivity contribution is -0.138. The van der Waals surface area contributed by atoms with Gasteiger partial charge in [-0.2, -0.15) is 47.4 Å². The number of benzene rings is 11. The largest absolute Gasteiger partial charge is 0.416 e. The normalized spacial score (nSPS) is 11.3. The highest BCUT2D eigenvalue weighted by Crippen LogP contribution is 2.47. The molecule has 3 aromatic heterocycles. The zero-order valence-electron chi connectivity index (χ0n) is 50.3. The summed E-state index contributed by atoms with van der Waals surface area (Å²) in [5, 5.41) is 42.7. The SMILES string of the molecule is [C-]#[N+]c1ccc(-c2ccc3c4ccc(-c5ccc(C#N)cc5[N+]#[C-])cc4n(-c4ccc(C(F)(F)F)cc4-c4nc(-c5ccccc5)nc(-c5cc(C(F)(F)F)ccc5-n5c6cc(-c7ccc([N+]#[C-])cc7C#N)ccc6c6ccc(-c7ccc(C#N)cc7[N+]#[C-])cc65)n4)c3c2)c(C#N)c1. The number of hydrogen-bond donors (Lipinski definition) is 0. The van der Waals surface area contributed by atoms with Crippen LogP contribution >= 0.6 is 0 Å². The van der Waals surface area contributed by atoms with E-state index in [1.54, 1.807) is 161 Å². The number of nitrogens with zero attached hydrogens (tertiary/aromatic N) is 13. The molecule has 0 saturated carbocycles. The lowest BCUT2D eigenvalue weighted by Crippen LogP contribution is -2.10. The number of aromatic nitrogens is 5. The van der Waals surface area contributed by atoms with Gasteiger partial charge in [0.15, 0.2) is 40.2 Å². The second-order valence-corrected chi connectivity index (χ2v) is 22.5. The molecule has 0 radical (unpaired) electrons. The maximum Gasteiger partial charge on any atom is 0.416 e. The first kappa shape index (κ1) is 61.1. The summed E-state index contributed by atoms with van der Waals surface area (Å²) in [5.74, 6) is -0.999. The van der Waals surface area contributed by atoms with Crippen molar-refractivity contribution in [2.75, 3.05) is 0 Å². The molecule has 14 aromatic rings. The Morgan fingerprint density at radius 3 is 1.04 bits per heavy atom. The third-order valence-electron chi connectivity index (χ3n) is 17.1. The van der Waals surface area contributed by atoms with Gasteiger partial charge < -0.3 is 9.13 Å². The summed E-state index contributed by atoms with van der Waals surface area (Å²) in [6.45, 7) is 31.5. The number of nitriles is 4. The second kappa shape index (κ2) is 23.9. The number of fused-ring (bicyclic) bond motifs is 6. The molecular formula is C79H35F6N13. The van der Waals surface area contributed by atoms with E-state index in [1.807, 2.05) is 0 Å². The molecule has 98 heavy (non-hydrogen) atoms. The summed E-state index contributed by atoms with van der Waals surface area (Å²) in [7, 11) is 0. The van der Waals surface area contributed by atoms with E-state index in [0.29, 0.717) is 93.7 Å². The number of hydrogen-bond acceptors (Lipinski definition) is 7. The van der Waals surface area contributed by atoms with Crippen LogP contribution in [-0.4, -0.2) is 24.1 Å². The van der Waals surface area contributed by atoms with Crippen molar-refractivity contribution < 1.29 is 26.3 Å². The average molecular weight is 1280 g/mol. The van der Waals surface area contributed by atoms with Gasteiger partial charge in [0.05, 0.1) is 95.1 Å². The summed E-state index contributed by atoms with van der Waals surface area (Å²) in [6, 6.07) is 62.3. The van der Waals surface area contributed by atoms with E-state index in [9.17, 15) is 21.0 Å². The average Bonchev–Trinajstić information content (AvgIpc) is 1.52. The second-order valence-electron chi connectivity index (χ2n) is 22.5. The summed E-state index contributed by atoms with van der Waals surface area (Å²) < 4.78 is 97.1. The quantitative estimate of drug-likeness (QED) is 0.103. The van der Waals surface area contributed by atoms with Crippen molar-refractivity contribution in [1.29, 1.82) is 21.0 Å². The predicted octanol–water partition coefficient (Wildman–Crippen LogP) is 21.5. The molecule has 14 rings (SSSR count). The summed E-state index contributed by atoms with van der Waals surface area (Å²) >= 11 is 0. The summed E-state index contributed by atoms with van der Waals surface area (Å²) in [5.41, 5.74) is 4.15. The molecule has 0 aliphatic carbocycles. The van der Waals surface area contributed by atoms with E-state index in [1.165, 1.54) is 36.4 Å². The zero-order chi connectivity index (χ0) is 68.3. The maximum atomic E-state index is 15.6. The van der Waals surface area contributed by atoms with Crippen molar-refractivity contribution in [2.45, 2.75) is 12.4 Å². The Labute approximate surface area is 553 Å². The first-order valence-corrected chi connectivity index (χ1v) is 29.5. The van der Waals surface area contributed by atoms with Gasteiger partial charge in [-0.05, 0) is 142 Å². The van der Waals surface area contributed by atoms with E-state index in [-0.39, 0.29) is 73.3 Å². The van der Waals surface area contributed by atoms with E-state index in [0.717, 1.165) is 24.3 Å². The van der Waals surface area contributed by atoms with Crippen LogP contribution < -0.4 is 0 Å². The van der Waals surface area contributed by atoms with Crippen molar-refractivity contribution in [1.82, 2.24) is 24.1 Å². The Morgan fingerprint density at radius 2 is 0.694 bits per heavy atom. The smallest absolute Gasteiger partial charge is 0.308 e. The van der Waals surface area contributed by atoms with Gasteiger partial charge >= 0.3 is 12.4 Å². The number of halogens is 6. The fourth-order valence-corrected chi connectivity index (χ4v) is 12.5. The fraction of sp³-hybridized carbons (Fsp3) is 0.0253. The third-order valence-corrected chi connectivity index (χ3v) is 17.1. The molecule has 13 nitrogen and oxygen atoms in total. The first-order chi connectivity index (χ1) is 47.4. The van der Waals surface area contributed by atoms with Crippen LogP contribution in [0, 0.1) is 71.6 Å². The first-order valence-electron chi connectivity index (χ1n) is 29.5. The Kier molecular flexibility index (Phi) is 14.9. The minimum atomic E-state index is -5.01. The van der Waals surface area contributed by atoms with Crippen molar-refractivity contribution in [3.05, 3.63) is 291 Å². The minimum absolute atomic E-state index is 0.0343. The molecule has 0 unspecified atom stereocenters. The molecule has 3 heterocycles. The minimum Gasteiger partial charge on any atom is -0.308 e. The lowest BCUT2D eigenvalue weighted by atomic mass is 9.98. The van der Waals surface area contributed by atoms with Crippen LogP contribution in [0.5, 0.6) is 0 Å². The highest BCUT2D eigenvalue weighted by molar-refractivity contribution is 6.13. The van der Waals surface area contributed by atoms with Crippen LogP contribution in [0.2, 0.25) is 0 Å². The van der Waals surface area contributed by atoms with Gasteiger partial charge in [-0.3, -0.25) is 0 Å². The monoisotopic (exact) mass is 1280 g/mol. The van der Waals surface area contributed by atoms with Gasteiger partial charge in [-0.15, -0.1) is 0 Å². The molecule has 0 spiro atoms. The highest BCUT2D eigenvalue weighted by atomic mass is 19.4. The standard InChI is InChI=1S/C79H35F6N13/c1-90-55-18-26-57(51(32-55)42-88)47-12-22-61-63-24-14-49(59-20-10-44(40-86)30-67(59)92-3)36-73(63)97(71(61)34-47)69-28-16-53(78(80,81)82)38-65(69)76-94-75(46-8-6-5-7-9-46)95-77(96-76)66-39-54(79(83,84)85)17-29-70(66)98-72-35-48(58-27-19-56(91-2)33-52(58)43-89)13-23-62(72)64-25-15-50(37-74(64)98)60-21-11-45(41-87)31-68(60)93-4/h5-39H. The van der Waals surface area contributed by atoms with Crippen LogP contribution in [0.4, 0.5) is 49.1 Å². The van der Waals surface area contributed by atoms with Crippen molar-refractivity contribution in [2.24, 2.45) is 0 Å². The van der Waals surface area contributed by atoms with Gasteiger partial charge in [-0.25, -0.2) is 34.3 Å². The van der Waals surface area contributed by atoms with E-state index < -0.39 is 35.1 Å². The maximum absolute atomic E-state index is 15.6. The molecule has 11 aromatic carbocycles. The van der Waals surface area contributed by atoms with Crippen LogP contribution in [0.15, 0.2) is 212 Å². The van der Waals surface area contributed by atoms with Gasteiger partial charge in [0, 0.05) is 60.5 Å². The number of rotatable bonds is 9. The van der Waals surface area contributed by atoms with Gasteiger partial charge in [0.2, 0.25) is 0 Å². The van der Waals surface area contributed by atoms with E-state index >= 15 is 26.3 Å². The molecule has 0 aliphatic heterocycles. The van der Waals surface area contributed by atoms with Crippen molar-refractivity contribution in [3.8, 4) is 114 Å². The molecule has 0 amide bonds. The summed E-state index contributed by atoms with van der Waals surface area (Å²) in [4.78, 5) is 29.3. The van der Waals surface area contributed by atoms with Crippen LogP contribution in [0.25, 0.3) is 153 Å². The number of alkyl halides is 6. The van der Waals surface area contributed by atoms with Crippen molar-refractivity contribution in [3.63, 3.8) is 0 Å². The molecule has 19 heteroatoms. The zero-order valence-corrected chi connectivity index (χ0v) is 50.3. The molecule has 0 atom stereocenters. The molecule has 0 aliphatic rings. The molecule has 0 bridgehead atoms. The van der Waals surface area contributed by atoms with Gasteiger partial charge in [0.25, 0.3) is 0 Å². The fourth-order valence-electron chi connectivity index (χ4n) is 12.5. The third kappa shape index (κ3) is 10.6. The molecule has 0 saturated heterocycles. The van der Waals surface area contributed by atoms with Crippen LogP contribution in [-0.2, 0) is 12.4 Å². The summed E-state index contributed by atoms with van der Waals surface area (Å²) in [6.07, 6.45) is -10.0. The molecule has 458 valence electrons. The lowest BCUT2D eigenvalue weighted by Gasteiger charge is -2.19. The topological polar surface area (TPSA) is 161 Å². The molecular weight excluding hydrogens is 1240 g/mol. The van der Waals surface area contributed by atoms with E-state index in [2.05, 4.69) is 43.7 Å². The van der Waals surface area contributed by atoms with Gasteiger partial charge in [-0.1, -0.05) is 115 Å². The van der Waals surface area contributed by atoms with E-state index in [4.69, 9.17) is 41.2 Å².